The lowest BCUT2D eigenvalue weighted by molar-refractivity contribution is -0.147. The van der Waals surface area contributed by atoms with Gasteiger partial charge in [-0.15, -0.1) is 0 Å². The Morgan fingerprint density at radius 3 is 2.67 bits per heavy atom. The Hall–Kier alpha value is -1.14. The normalized spacial score (nSPS) is 28.9. The number of piperazine rings is 1. The van der Waals surface area contributed by atoms with Crippen LogP contribution in [0, 0.1) is 5.92 Å². The van der Waals surface area contributed by atoms with Gasteiger partial charge >= 0.3 is 0 Å². The minimum Gasteiger partial charge on any atom is -0.378 e. The number of nitrogens with zero attached hydrogens (tertiary/aromatic N) is 2. The van der Waals surface area contributed by atoms with Crippen LogP contribution in [0.15, 0.2) is 0 Å². The number of ether oxygens (including phenoxy) is 1. The van der Waals surface area contributed by atoms with Gasteiger partial charge < -0.3 is 19.9 Å². The summed E-state index contributed by atoms with van der Waals surface area (Å²) < 4.78 is 5.53. The highest BCUT2D eigenvalue weighted by atomic mass is 16.5. The Kier molecular flexibility index (Phi) is 5.58. The fraction of sp³-hybridized carbons (Fsp3) is 0.867. The molecule has 2 fully saturated rings. The summed E-state index contributed by atoms with van der Waals surface area (Å²) in [5.74, 6) is 0.520. The van der Waals surface area contributed by atoms with Crippen LogP contribution in [0.5, 0.6) is 0 Å². The molecule has 6 nitrogen and oxygen atoms in total. The predicted molar refractivity (Wildman–Crippen MR) is 79.8 cm³/mol. The summed E-state index contributed by atoms with van der Waals surface area (Å²) in [4.78, 5) is 28.0. The molecular weight excluding hydrogens is 270 g/mol. The van der Waals surface area contributed by atoms with Crippen molar-refractivity contribution < 1.29 is 14.3 Å². The van der Waals surface area contributed by atoms with Gasteiger partial charge in [0.1, 0.15) is 6.04 Å². The van der Waals surface area contributed by atoms with Crippen LogP contribution in [0.25, 0.3) is 0 Å². The smallest absolute Gasteiger partial charge is 0.246 e. The number of carbonyl (C=O) groups is 2. The number of carbonyl (C=O) groups excluding carboxylic acids is 2. The maximum atomic E-state index is 12.5. The number of amides is 2. The topological polar surface area (TPSA) is 61.9 Å². The van der Waals surface area contributed by atoms with E-state index in [1.165, 1.54) is 0 Å². The highest BCUT2D eigenvalue weighted by Gasteiger charge is 2.36. The zero-order valence-corrected chi connectivity index (χ0v) is 13.3. The van der Waals surface area contributed by atoms with E-state index in [4.69, 9.17) is 4.74 Å². The van der Waals surface area contributed by atoms with Crippen molar-refractivity contribution in [1.82, 2.24) is 15.1 Å². The van der Waals surface area contributed by atoms with Crippen molar-refractivity contribution in [3.63, 3.8) is 0 Å². The van der Waals surface area contributed by atoms with Crippen LogP contribution < -0.4 is 5.32 Å². The highest BCUT2D eigenvalue weighted by molar-refractivity contribution is 5.88. The maximum absolute atomic E-state index is 12.5. The molecule has 2 amide bonds. The van der Waals surface area contributed by atoms with Crippen molar-refractivity contribution in [1.29, 1.82) is 0 Å². The van der Waals surface area contributed by atoms with Crippen molar-refractivity contribution in [2.75, 3.05) is 40.3 Å². The first-order valence-corrected chi connectivity index (χ1v) is 7.85. The van der Waals surface area contributed by atoms with E-state index in [1.54, 1.807) is 23.9 Å². The van der Waals surface area contributed by atoms with Crippen LogP contribution in [0.1, 0.15) is 26.2 Å². The van der Waals surface area contributed by atoms with E-state index in [-0.39, 0.29) is 17.9 Å². The molecule has 1 aliphatic carbocycles. The molecule has 120 valence electrons. The van der Waals surface area contributed by atoms with Gasteiger partial charge in [-0.05, 0) is 25.7 Å². The molecule has 21 heavy (non-hydrogen) atoms. The molecule has 1 atom stereocenters. The lowest BCUT2D eigenvalue weighted by Gasteiger charge is -2.39. The van der Waals surface area contributed by atoms with E-state index in [2.05, 4.69) is 5.32 Å². The minimum absolute atomic E-state index is 0.00338. The van der Waals surface area contributed by atoms with E-state index in [9.17, 15) is 9.59 Å². The van der Waals surface area contributed by atoms with Crippen LogP contribution in [0.3, 0.4) is 0 Å². The highest BCUT2D eigenvalue weighted by Crippen LogP contribution is 2.33. The summed E-state index contributed by atoms with van der Waals surface area (Å²) in [5, 5.41) is 3.20. The van der Waals surface area contributed by atoms with Crippen LogP contribution in [0.4, 0.5) is 0 Å². The zero-order valence-electron chi connectivity index (χ0n) is 13.3. The van der Waals surface area contributed by atoms with Gasteiger partial charge in [0.15, 0.2) is 0 Å². The molecule has 1 saturated carbocycles. The number of hydrogen-bond acceptors (Lipinski definition) is 4. The molecule has 2 aliphatic rings. The summed E-state index contributed by atoms with van der Waals surface area (Å²) in [6, 6.07) is -0.357. The van der Waals surface area contributed by atoms with E-state index in [0.717, 1.165) is 26.0 Å². The maximum Gasteiger partial charge on any atom is 0.246 e. The number of hydrogen-bond donors (Lipinski definition) is 1. The molecule has 0 aromatic heterocycles. The van der Waals surface area contributed by atoms with E-state index >= 15 is 0 Å². The molecule has 0 aromatic rings. The van der Waals surface area contributed by atoms with Crippen molar-refractivity contribution in [3.05, 3.63) is 0 Å². The molecule has 0 aromatic carbocycles. The fourth-order valence-corrected chi connectivity index (χ4v) is 3.10. The number of nitrogens with one attached hydrogen (secondary N) is 1. The third-order valence-electron chi connectivity index (χ3n) is 4.35. The average Bonchev–Trinajstić information content (AvgIpc) is 2.44. The molecule has 1 heterocycles. The monoisotopic (exact) mass is 297 g/mol. The Bertz CT molecular complexity index is 380. The van der Waals surface area contributed by atoms with Crippen LogP contribution >= 0.6 is 0 Å². The van der Waals surface area contributed by atoms with E-state index < -0.39 is 0 Å². The largest absolute Gasteiger partial charge is 0.378 e. The van der Waals surface area contributed by atoms with Gasteiger partial charge in [0.25, 0.3) is 0 Å². The van der Waals surface area contributed by atoms with E-state index in [1.807, 2.05) is 6.92 Å². The minimum atomic E-state index is -0.357. The van der Waals surface area contributed by atoms with Gasteiger partial charge in [0, 0.05) is 46.8 Å². The van der Waals surface area contributed by atoms with Crippen LogP contribution in [0.2, 0.25) is 0 Å². The molecule has 1 unspecified atom stereocenters. The van der Waals surface area contributed by atoms with Gasteiger partial charge in [-0.1, -0.05) is 0 Å². The lowest BCUT2D eigenvalue weighted by atomic mass is 9.79. The quantitative estimate of drug-likeness (QED) is 0.781. The van der Waals surface area contributed by atoms with Gasteiger partial charge in [-0.25, -0.2) is 0 Å². The first kappa shape index (κ1) is 16.2. The van der Waals surface area contributed by atoms with Gasteiger partial charge in [0.2, 0.25) is 11.8 Å². The Morgan fingerprint density at radius 1 is 1.33 bits per heavy atom. The molecule has 0 radical (unpaired) electrons. The Labute approximate surface area is 126 Å². The molecule has 0 bridgehead atoms. The molecule has 6 heteroatoms. The SMILES string of the molecule is CCOC1CC(CC(=O)N2CCNCC2C(=O)N(C)C)C1. The van der Waals surface area contributed by atoms with E-state index in [0.29, 0.717) is 31.5 Å². The Balaban J connectivity index is 1.86. The second-order valence-corrected chi connectivity index (χ2v) is 6.16. The van der Waals surface area contributed by atoms with Crippen molar-refractivity contribution in [2.45, 2.75) is 38.3 Å². The predicted octanol–water partition coefficient (Wildman–Crippen LogP) is 0.0802. The van der Waals surface area contributed by atoms with Gasteiger partial charge in [-0.2, -0.15) is 0 Å². The van der Waals surface area contributed by atoms with Crippen LogP contribution in [-0.4, -0.2) is 74.1 Å². The first-order chi connectivity index (χ1) is 10.0. The second kappa shape index (κ2) is 7.22. The summed E-state index contributed by atoms with van der Waals surface area (Å²) >= 11 is 0. The molecule has 1 N–H and O–H groups in total. The fourth-order valence-electron chi connectivity index (χ4n) is 3.10. The molecule has 1 aliphatic heterocycles. The average molecular weight is 297 g/mol. The standard InChI is InChI=1S/C15H27N3O3/c1-4-21-12-7-11(8-12)9-14(19)18-6-5-16-10-13(18)15(20)17(2)3/h11-13,16H,4-10H2,1-3H3. The van der Waals surface area contributed by atoms with Crippen molar-refractivity contribution >= 4 is 11.8 Å². The second-order valence-electron chi connectivity index (χ2n) is 6.16. The number of likely N-dealkylation sites (N-methyl/N-ethyl adjacent to an activating group) is 1. The van der Waals surface area contributed by atoms with Crippen LogP contribution in [-0.2, 0) is 14.3 Å². The lowest BCUT2D eigenvalue weighted by Crippen LogP contribution is -2.59. The summed E-state index contributed by atoms with van der Waals surface area (Å²) in [5.41, 5.74) is 0. The molecule has 1 saturated heterocycles. The Morgan fingerprint density at radius 2 is 2.05 bits per heavy atom. The van der Waals surface area contributed by atoms with Gasteiger partial charge in [-0.3, -0.25) is 9.59 Å². The van der Waals surface area contributed by atoms with Crippen molar-refractivity contribution in [2.24, 2.45) is 5.92 Å². The molecule has 0 spiro atoms. The first-order valence-electron chi connectivity index (χ1n) is 7.85. The number of rotatable bonds is 5. The van der Waals surface area contributed by atoms with Gasteiger partial charge in [0.05, 0.1) is 6.10 Å². The zero-order chi connectivity index (χ0) is 15.4. The summed E-state index contributed by atoms with van der Waals surface area (Å²) in [6.45, 7) is 4.66. The summed E-state index contributed by atoms with van der Waals surface area (Å²) in [7, 11) is 3.47. The third kappa shape index (κ3) is 3.95. The van der Waals surface area contributed by atoms with Crippen molar-refractivity contribution in [3.8, 4) is 0 Å². The third-order valence-corrected chi connectivity index (χ3v) is 4.35. The summed E-state index contributed by atoms with van der Waals surface area (Å²) in [6.07, 6.45) is 2.81. The molecular formula is C15H27N3O3. The molecule has 2 rings (SSSR count).